The van der Waals surface area contributed by atoms with Crippen molar-refractivity contribution in [3.8, 4) is 0 Å². The van der Waals surface area contributed by atoms with Gasteiger partial charge in [-0.1, -0.05) is 37.3 Å². The van der Waals surface area contributed by atoms with E-state index >= 15 is 0 Å². The minimum Gasteiger partial charge on any atom is -0.397 e. The lowest BCUT2D eigenvalue weighted by Gasteiger charge is -2.34. The smallest absolute Gasteiger partial charge is 0.224 e. The molecule has 0 bridgehead atoms. The molecule has 0 radical (unpaired) electrons. The number of carbonyl (C=O) groups is 1. The molecule has 0 aliphatic carbocycles. The van der Waals surface area contributed by atoms with Crippen LogP contribution in [0.25, 0.3) is 0 Å². The highest BCUT2D eigenvalue weighted by Crippen LogP contribution is 2.38. The summed E-state index contributed by atoms with van der Waals surface area (Å²) in [5.41, 5.74) is 7.56. The molecule has 1 heterocycles. The lowest BCUT2D eigenvalue weighted by molar-refractivity contribution is -0.120. The zero-order valence-corrected chi connectivity index (χ0v) is 18.7. The van der Waals surface area contributed by atoms with Crippen molar-refractivity contribution < 1.29 is 15.0 Å². The molecular formula is C25H36N2O3. The first-order valence-corrected chi connectivity index (χ1v) is 10.8. The summed E-state index contributed by atoms with van der Waals surface area (Å²) >= 11 is 0. The number of rotatable bonds is 6. The third-order valence-corrected chi connectivity index (χ3v) is 5.59. The third kappa shape index (κ3) is 6.31. The maximum absolute atomic E-state index is 12.0. The van der Waals surface area contributed by atoms with Gasteiger partial charge in [-0.25, -0.2) is 0 Å². The lowest BCUT2D eigenvalue weighted by atomic mass is 9.82. The number of hydrogen-bond donors (Lipinski definition) is 4. The summed E-state index contributed by atoms with van der Waals surface area (Å²) in [6.45, 7) is 9.21. The van der Waals surface area contributed by atoms with Gasteiger partial charge in [0.25, 0.3) is 0 Å². The van der Waals surface area contributed by atoms with E-state index in [0.717, 1.165) is 12.0 Å². The molecule has 2 atom stereocenters. The summed E-state index contributed by atoms with van der Waals surface area (Å²) in [5.74, 6) is 0.486. The van der Waals surface area contributed by atoms with Crippen LogP contribution in [-0.4, -0.2) is 35.9 Å². The monoisotopic (exact) mass is 412 g/mol. The first-order valence-electron chi connectivity index (χ1n) is 10.8. The van der Waals surface area contributed by atoms with Crippen molar-refractivity contribution in [1.82, 2.24) is 5.32 Å². The Balaban J connectivity index is 0.00000101. The van der Waals surface area contributed by atoms with Crippen LogP contribution in [0.1, 0.15) is 54.1 Å². The Morgan fingerprint density at radius 1 is 1.20 bits per heavy atom. The molecule has 1 aliphatic rings. The Labute approximate surface area is 180 Å². The van der Waals surface area contributed by atoms with Gasteiger partial charge in [-0.2, -0.15) is 0 Å². The molecular weight excluding hydrogens is 376 g/mol. The van der Waals surface area contributed by atoms with Crippen molar-refractivity contribution in [3.05, 3.63) is 64.2 Å². The Bertz CT molecular complexity index is 835. The molecule has 0 saturated carbocycles. The molecule has 164 valence electrons. The number of aryl methyl sites for hydroxylation is 1. The van der Waals surface area contributed by atoms with Crippen LogP contribution in [0.15, 0.2) is 36.4 Å². The zero-order valence-electron chi connectivity index (χ0n) is 18.7. The van der Waals surface area contributed by atoms with Gasteiger partial charge in [0.1, 0.15) is 0 Å². The van der Waals surface area contributed by atoms with Crippen LogP contribution in [-0.2, 0) is 17.6 Å². The predicted molar refractivity (Wildman–Crippen MR) is 123 cm³/mol. The molecule has 2 aromatic carbocycles. The highest BCUT2D eigenvalue weighted by molar-refractivity contribution is 5.78. The minimum atomic E-state index is 0.00785. The summed E-state index contributed by atoms with van der Waals surface area (Å²) in [5, 5.41) is 22.9. The maximum atomic E-state index is 12.0. The van der Waals surface area contributed by atoms with Crippen molar-refractivity contribution in [2.75, 3.05) is 25.1 Å². The Morgan fingerprint density at radius 3 is 2.63 bits per heavy atom. The number of benzene rings is 2. The van der Waals surface area contributed by atoms with E-state index in [1.54, 1.807) is 6.92 Å². The molecule has 2 aromatic rings. The van der Waals surface area contributed by atoms with E-state index in [2.05, 4.69) is 61.7 Å². The van der Waals surface area contributed by atoms with Crippen LogP contribution in [0.4, 0.5) is 5.69 Å². The SMILES string of the molecule is CCO.Cc1cccc([C@H]2Nc3ccc(CC(=O)NCCCO)cc3CC2C)c1C. The number of amides is 1. The third-order valence-electron chi connectivity index (χ3n) is 5.59. The van der Waals surface area contributed by atoms with Crippen molar-refractivity contribution in [1.29, 1.82) is 0 Å². The van der Waals surface area contributed by atoms with Gasteiger partial charge in [-0.05, 0) is 73.4 Å². The number of anilines is 1. The molecule has 0 aromatic heterocycles. The van der Waals surface area contributed by atoms with E-state index < -0.39 is 0 Å². The zero-order chi connectivity index (χ0) is 22.1. The second-order valence-corrected chi connectivity index (χ2v) is 8.00. The summed E-state index contributed by atoms with van der Waals surface area (Å²) in [4.78, 5) is 12.0. The van der Waals surface area contributed by atoms with Gasteiger partial charge in [0.05, 0.1) is 12.5 Å². The van der Waals surface area contributed by atoms with Gasteiger partial charge >= 0.3 is 0 Å². The first kappa shape index (κ1) is 23.9. The second kappa shape index (κ2) is 11.7. The topological polar surface area (TPSA) is 81.6 Å². The molecule has 4 N–H and O–H groups in total. The van der Waals surface area contributed by atoms with E-state index in [9.17, 15) is 4.79 Å². The number of carbonyl (C=O) groups excluding carboxylic acids is 1. The average Bonchev–Trinajstić information content (AvgIpc) is 2.70. The van der Waals surface area contributed by atoms with Gasteiger partial charge in [0.2, 0.25) is 5.91 Å². The summed E-state index contributed by atoms with van der Waals surface area (Å²) in [6, 6.07) is 13.1. The standard InChI is InChI=1S/C23H30N2O2.C2H6O/c1-15-6-4-7-20(17(15)3)23-16(2)12-19-13-18(8-9-21(19)25-23)14-22(27)24-10-5-11-26;1-2-3/h4,6-9,13,16,23,25-26H,5,10-12,14H2,1-3H3,(H,24,27);3H,2H2,1H3/t16?,23-;/m0./s1. The molecule has 0 saturated heterocycles. The molecule has 1 amide bonds. The van der Waals surface area contributed by atoms with E-state index in [1.807, 2.05) is 6.07 Å². The fourth-order valence-corrected chi connectivity index (χ4v) is 3.89. The van der Waals surface area contributed by atoms with Gasteiger partial charge in [-0.3, -0.25) is 4.79 Å². The predicted octanol–water partition coefficient (Wildman–Crippen LogP) is 3.69. The quantitative estimate of drug-likeness (QED) is 0.546. The molecule has 3 rings (SSSR count). The fraction of sp³-hybridized carbons (Fsp3) is 0.480. The van der Waals surface area contributed by atoms with Crippen molar-refractivity contribution in [2.45, 2.75) is 53.0 Å². The lowest BCUT2D eigenvalue weighted by Crippen LogP contribution is -2.28. The minimum absolute atomic E-state index is 0.00785. The maximum Gasteiger partial charge on any atom is 0.224 e. The van der Waals surface area contributed by atoms with Crippen LogP contribution in [0.3, 0.4) is 0 Å². The fourth-order valence-electron chi connectivity index (χ4n) is 3.89. The molecule has 5 nitrogen and oxygen atoms in total. The molecule has 1 unspecified atom stereocenters. The number of nitrogens with one attached hydrogen (secondary N) is 2. The summed E-state index contributed by atoms with van der Waals surface area (Å²) in [7, 11) is 0. The molecule has 1 aliphatic heterocycles. The number of fused-ring (bicyclic) bond motifs is 1. The number of aliphatic hydroxyl groups excluding tert-OH is 2. The summed E-state index contributed by atoms with van der Waals surface area (Å²) < 4.78 is 0. The van der Waals surface area contributed by atoms with Crippen LogP contribution < -0.4 is 10.6 Å². The average molecular weight is 413 g/mol. The van der Waals surface area contributed by atoms with E-state index in [-0.39, 0.29) is 19.1 Å². The Kier molecular flexibility index (Phi) is 9.34. The molecule has 30 heavy (non-hydrogen) atoms. The van der Waals surface area contributed by atoms with Gasteiger partial charge in [-0.15, -0.1) is 0 Å². The van der Waals surface area contributed by atoms with E-state index in [0.29, 0.717) is 31.3 Å². The van der Waals surface area contributed by atoms with Crippen LogP contribution in [0, 0.1) is 19.8 Å². The normalized spacial score (nSPS) is 17.3. The van der Waals surface area contributed by atoms with Gasteiger partial charge in [0.15, 0.2) is 0 Å². The molecule has 0 fully saturated rings. The Morgan fingerprint density at radius 2 is 1.93 bits per heavy atom. The van der Waals surface area contributed by atoms with Gasteiger partial charge in [0, 0.05) is 25.4 Å². The molecule has 5 heteroatoms. The van der Waals surface area contributed by atoms with Crippen LogP contribution >= 0.6 is 0 Å². The van der Waals surface area contributed by atoms with Gasteiger partial charge < -0.3 is 20.8 Å². The highest BCUT2D eigenvalue weighted by Gasteiger charge is 2.27. The van der Waals surface area contributed by atoms with Crippen molar-refractivity contribution >= 4 is 11.6 Å². The molecule has 0 spiro atoms. The highest BCUT2D eigenvalue weighted by atomic mass is 16.3. The number of hydrogen-bond acceptors (Lipinski definition) is 4. The van der Waals surface area contributed by atoms with Crippen LogP contribution in [0.2, 0.25) is 0 Å². The van der Waals surface area contributed by atoms with E-state index in [1.165, 1.54) is 27.9 Å². The largest absolute Gasteiger partial charge is 0.397 e. The second-order valence-electron chi connectivity index (χ2n) is 8.00. The number of aliphatic hydroxyl groups is 2. The van der Waals surface area contributed by atoms with Crippen molar-refractivity contribution in [2.24, 2.45) is 5.92 Å². The summed E-state index contributed by atoms with van der Waals surface area (Å²) in [6.07, 6.45) is 1.98. The van der Waals surface area contributed by atoms with Crippen LogP contribution in [0.5, 0.6) is 0 Å². The van der Waals surface area contributed by atoms with E-state index in [4.69, 9.17) is 10.2 Å². The Hall–Kier alpha value is -2.37. The first-order chi connectivity index (χ1) is 14.4. The van der Waals surface area contributed by atoms with Crippen molar-refractivity contribution in [3.63, 3.8) is 0 Å².